The smallest absolute Gasteiger partial charge is 0.147 e. The van der Waals surface area contributed by atoms with Crippen molar-refractivity contribution < 1.29 is 15.3 Å². The van der Waals surface area contributed by atoms with E-state index in [0.29, 0.717) is 16.6 Å². The Kier molecular flexibility index (Phi) is 3.51. The molecule has 0 radical (unpaired) electrons. The molecular weight excluding hydrogens is 292 g/mol. The number of aliphatic hydroxyl groups is 3. The first kappa shape index (κ1) is 14.2. The summed E-state index contributed by atoms with van der Waals surface area (Å²) in [5.41, 5.74) is 6.87. The molecule has 0 spiro atoms. The fourth-order valence-corrected chi connectivity index (χ4v) is 3.90. The van der Waals surface area contributed by atoms with Crippen molar-refractivity contribution in [1.29, 1.82) is 0 Å². The third-order valence-corrected chi connectivity index (χ3v) is 5.15. The molecule has 2 unspecified atom stereocenters. The molecule has 1 aliphatic rings. The van der Waals surface area contributed by atoms with Crippen molar-refractivity contribution in [2.45, 2.75) is 22.8 Å². The highest BCUT2D eigenvalue weighted by molar-refractivity contribution is 8.00. The Morgan fingerprint density at radius 2 is 2.14 bits per heavy atom. The van der Waals surface area contributed by atoms with Crippen molar-refractivity contribution in [3.05, 3.63) is 18.1 Å². The van der Waals surface area contributed by atoms with Gasteiger partial charge in [0, 0.05) is 6.20 Å². The summed E-state index contributed by atoms with van der Waals surface area (Å²) in [6.07, 6.45) is 6.40. The molecule has 4 atom stereocenters. The number of terminal acetylenes is 1. The van der Waals surface area contributed by atoms with Gasteiger partial charge < -0.3 is 25.6 Å². The predicted octanol–water partition coefficient (Wildman–Crippen LogP) is -0.677. The molecule has 2 aromatic rings. The van der Waals surface area contributed by atoms with Gasteiger partial charge in [0.15, 0.2) is 0 Å². The van der Waals surface area contributed by atoms with Crippen LogP contribution in [0, 0.1) is 12.3 Å². The monoisotopic (exact) mass is 306 g/mol. The van der Waals surface area contributed by atoms with Crippen molar-refractivity contribution in [2.24, 2.45) is 0 Å². The van der Waals surface area contributed by atoms with Crippen LogP contribution in [0.2, 0.25) is 0 Å². The Bertz CT molecular complexity index is 726. The van der Waals surface area contributed by atoms with Crippen molar-refractivity contribution >= 4 is 28.6 Å². The number of anilines is 1. The summed E-state index contributed by atoms with van der Waals surface area (Å²) in [5, 5.41) is 29.0. The number of aromatic nitrogens is 3. The molecule has 0 saturated carbocycles. The molecule has 0 amide bonds. The summed E-state index contributed by atoms with van der Waals surface area (Å²) in [6.45, 7) is -0.224. The minimum absolute atomic E-state index is 0.224. The van der Waals surface area contributed by atoms with E-state index >= 15 is 0 Å². The lowest BCUT2D eigenvalue weighted by atomic mass is 10.1. The molecular formula is C13H14N4O3S. The summed E-state index contributed by atoms with van der Waals surface area (Å²) in [6, 6.07) is 0. The summed E-state index contributed by atoms with van der Waals surface area (Å²) < 4.78 is 1.68. The van der Waals surface area contributed by atoms with Crippen LogP contribution in [-0.4, -0.2) is 53.9 Å². The van der Waals surface area contributed by atoms with Gasteiger partial charge in [-0.25, -0.2) is 9.97 Å². The number of nitrogens with zero attached hydrogens (tertiary/aromatic N) is 3. The number of nitrogens with two attached hydrogens (primary N) is 1. The maximum absolute atomic E-state index is 10.2. The first-order chi connectivity index (χ1) is 10.1. The number of rotatable bonds is 2. The second-order valence-electron chi connectivity index (χ2n) is 4.78. The van der Waals surface area contributed by atoms with Gasteiger partial charge in [0.05, 0.1) is 28.9 Å². The molecule has 2 aromatic heterocycles. The Morgan fingerprint density at radius 1 is 1.38 bits per heavy atom. The molecule has 21 heavy (non-hydrogen) atoms. The second kappa shape index (κ2) is 5.20. The van der Waals surface area contributed by atoms with Crippen molar-refractivity contribution in [1.82, 2.24) is 14.5 Å². The zero-order chi connectivity index (χ0) is 15.1. The van der Waals surface area contributed by atoms with Crippen LogP contribution in [0.5, 0.6) is 0 Å². The molecule has 1 aliphatic heterocycles. The Labute approximate surface area is 124 Å². The van der Waals surface area contributed by atoms with Crippen LogP contribution < -0.4 is 5.73 Å². The number of fused-ring (bicyclic) bond motifs is 1. The van der Waals surface area contributed by atoms with Gasteiger partial charge in [-0.3, -0.25) is 0 Å². The molecule has 0 bridgehead atoms. The topological polar surface area (TPSA) is 117 Å². The van der Waals surface area contributed by atoms with E-state index in [1.165, 1.54) is 18.1 Å². The van der Waals surface area contributed by atoms with Gasteiger partial charge in [-0.2, -0.15) is 0 Å². The third kappa shape index (κ3) is 2.06. The predicted molar refractivity (Wildman–Crippen MR) is 79.4 cm³/mol. The molecule has 3 rings (SSSR count). The number of hydrogen-bond acceptors (Lipinski definition) is 7. The van der Waals surface area contributed by atoms with Gasteiger partial charge in [-0.05, 0) is 0 Å². The van der Waals surface area contributed by atoms with Crippen LogP contribution in [0.15, 0.2) is 12.5 Å². The quantitative estimate of drug-likeness (QED) is 0.543. The normalized spacial score (nSPS) is 28.9. The molecule has 3 heterocycles. The Morgan fingerprint density at radius 3 is 2.76 bits per heavy atom. The summed E-state index contributed by atoms with van der Waals surface area (Å²) in [4.78, 5) is 8.09. The van der Waals surface area contributed by atoms with E-state index in [4.69, 9.17) is 12.2 Å². The van der Waals surface area contributed by atoms with Gasteiger partial charge in [0.2, 0.25) is 0 Å². The first-order valence-electron chi connectivity index (χ1n) is 6.28. The van der Waals surface area contributed by atoms with Crippen LogP contribution in [0.1, 0.15) is 10.9 Å². The SMILES string of the molecule is C#Cc1cn([C@@H]2S[C@H](CO)C(O)C2O)c2ncnc(N)c12. The van der Waals surface area contributed by atoms with E-state index in [-0.39, 0.29) is 12.4 Å². The van der Waals surface area contributed by atoms with Gasteiger partial charge in [-0.15, -0.1) is 18.2 Å². The van der Waals surface area contributed by atoms with Crippen LogP contribution in [0.25, 0.3) is 11.0 Å². The lowest BCUT2D eigenvalue weighted by Crippen LogP contribution is -2.32. The largest absolute Gasteiger partial charge is 0.395 e. The molecule has 7 nitrogen and oxygen atoms in total. The molecule has 1 fully saturated rings. The van der Waals surface area contributed by atoms with E-state index in [1.54, 1.807) is 10.8 Å². The van der Waals surface area contributed by atoms with E-state index in [2.05, 4.69) is 15.9 Å². The number of aliphatic hydroxyl groups excluding tert-OH is 3. The first-order valence-corrected chi connectivity index (χ1v) is 7.22. The highest BCUT2D eigenvalue weighted by Crippen LogP contribution is 2.43. The van der Waals surface area contributed by atoms with Gasteiger partial charge in [-0.1, -0.05) is 5.92 Å². The fourth-order valence-electron chi connectivity index (χ4n) is 2.52. The summed E-state index contributed by atoms with van der Waals surface area (Å²) >= 11 is 1.27. The van der Waals surface area contributed by atoms with E-state index in [0.717, 1.165) is 0 Å². The van der Waals surface area contributed by atoms with E-state index in [9.17, 15) is 15.3 Å². The molecule has 0 aliphatic carbocycles. The molecule has 8 heteroatoms. The number of nitrogen functional groups attached to an aromatic ring is 1. The lowest BCUT2D eigenvalue weighted by molar-refractivity contribution is 0.0113. The van der Waals surface area contributed by atoms with Crippen LogP contribution in [-0.2, 0) is 0 Å². The minimum Gasteiger partial charge on any atom is -0.395 e. The average Bonchev–Trinajstić information content (AvgIpc) is 2.99. The van der Waals surface area contributed by atoms with E-state index in [1.807, 2.05) is 0 Å². The standard InChI is InChI=1S/C13H14N4O3S/c1-2-6-3-17(12-8(6)11(14)15-5-16-12)13-10(20)9(19)7(4-18)21-13/h1,3,5,7,9-10,13,18-20H,4H2,(H2,14,15,16)/t7-,9?,10?,13-/m1/s1. The minimum atomic E-state index is -1.04. The van der Waals surface area contributed by atoms with Gasteiger partial charge >= 0.3 is 0 Å². The summed E-state index contributed by atoms with van der Waals surface area (Å²) in [5.74, 6) is 2.79. The third-order valence-electron chi connectivity index (χ3n) is 3.59. The van der Waals surface area contributed by atoms with Crippen molar-refractivity contribution in [2.75, 3.05) is 12.3 Å². The zero-order valence-electron chi connectivity index (χ0n) is 10.9. The number of hydrogen-bond donors (Lipinski definition) is 4. The van der Waals surface area contributed by atoms with Crippen molar-refractivity contribution in [3.8, 4) is 12.3 Å². The van der Waals surface area contributed by atoms with Crippen molar-refractivity contribution in [3.63, 3.8) is 0 Å². The maximum Gasteiger partial charge on any atom is 0.147 e. The number of thioether (sulfide) groups is 1. The molecule has 1 saturated heterocycles. The summed E-state index contributed by atoms with van der Waals surface area (Å²) in [7, 11) is 0. The van der Waals surface area contributed by atoms with Gasteiger partial charge in [0.1, 0.15) is 29.3 Å². The van der Waals surface area contributed by atoms with Gasteiger partial charge in [0.25, 0.3) is 0 Å². The van der Waals surface area contributed by atoms with E-state index < -0.39 is 22.8 Å². The fraction of sp³-hybridized carbons (Fsp3) is 0.385. The zero-order valence-corrected chi connectivity index (χ0v) is 11.7. The van der Waals surface area contributed by atoms with Crippen LogP contribution in [0.4, 0.5) is 5.82 Å². The molecule has 0 aromatic carbocycles. The Hall–Kier alpha value is -1.79. The second-order valence-corrected chi connectivity index (χ2v) is 6.14. The van der Waals surface area contributed by atoms with Crippen LogP contribution >= 0.6 is 11.8 Å². The highest BCUT2D eigenvalue weighted by Gasteiger charge is 2.43. The van der Waals surface area contributed by atoms with Crippen LogP contribution in [0.3, 0.4) is 0 Å². The Balaban J connectivity index is 2.14. The highest BCUT2D eigenvalue weighted by atomic mass is 32.2. The maximum atomic E-state index is 10.2. The average molecular weight is 306 g/mol. The molecule has 110 valence electrons. The lowest BCUT2D eigenvalue weighted by Gasteiger charge is -2.17. The molecule has 5 N–H and O–H groups in total.